The number of aliphatic carboxylic acids is 5. The number of ketones is 1. The Labute approximate surface area is 391 Å². The molecule has 0 bridgehead atoms. The maximum Gasteiger partial charge on any atom is 0.317 e. The van der Waals surface area contributed by atoms with Crippen molar-refractivity contribution in [3.8, 4) is 0 Å². The minimum Gasteiger partial charge on any atom is -0.481 e. The summed E-state index contributed by atoms with van der Waals surface area (Å²) < 4.78 is 0. The van der Waals surface area contributed by atoms with E-state index in [1.165, 1.54) is 0 Å². The Morgan fingerprint density at radius 2 is 1.14 bits per heavy atom. The van der Waals surface area contributed by atoms with Crippen molar-refractivity contribution in [1.29, 1.82) is 0 Å². The standard InChI is InChI=1S/C8H16N2O3.C7H12O3.C6H11NO3.C6H14O2.C5H10N4.C5H11NO2.C5H10O2.CH4/c1-5(2)10-8(13)6(9)3-4-7(11)12;1-5(2)6(8)3-4-7(9)10;1-4(2)7-5(8)3-6(9)10;1-5(2)3-6(8)4-7;1-4(2)3-5-6-8-9-7-5;1-4(2)6-3-5(7)8;1-4(2)3-5(6)7;/h5-6H,3-4,9H2,1-2H3,(H,10,13)(H,11,12);5H,3-4H2,1-2H3,(H,9,10);4H,3H2,1-2H3,(H,7,8)(H,9,10);5-8H,3-4H2,1-2H3;4H,3H2,1-2H3,(H,6,7,8,9);4,6H,3H2,1-2H3,(H,7,8);4H,3H2,1-2H3,(H,6,7);1H4. The lowest BCUT2D eigenvalue weighted by Gasteiger charge is -2.13. The van der Waals surface area contributed by atoms with E-state index in [-0.39, 0.29) is 94.3 Å². The van der Waals surface area contributed by atoms with Crippen LogP contribution in [0.2, 0.25) is 0 Å². The van der Waals surface area contributed by atoms with Crippen LogP contribution in [0.3, 0.4) is 0 Å². The first-order valence-corrected chi connectivity index (χ1v) is 21.4. The molecular formula is C43H88N8O15. The number of aliphatic hydroxyl groups is 2. The number of aromatic amines is 1. The van der Waals surface area contributed by atoms with Gasteiger partial charge in [0.1, 0.15) is 12.2 Å². The summed E-state index contributed by atoms with van der Waals surface area (Å²) in [5, 5.41) is 79.2. The van der Waals surface area contributed by atoms with Gasteiger partial charge in [-0.3, -0.25) is 38.4 Å². The summed E-state index contributed by atoms with van der Waals surface area (Å²) in [6.45, 7) is 26.5. The van der Waals surface area contributed by atoms with E-state index in [0.29, 0.717) is 18.3 Å². The molecule has 0 aliphatic rings. The number of rotatable bonds is 22. The van der Waals surface area contributed by atoms with Crippen molar-refractivity contribution >= 4 is 47.4 Å². The number of carbonyl (C=O) groups excluding carboxylic acids is 3. The molecule has 13 N–H and O–H groups in total. The van der Waals surface area contributed by atoms with Gasteiger partial charge in [-0.1, -0.05) is 81.9 Å². The number of carbonyl (C=O) groups is 8. The van der Waals surface area contributed by atoms with Crippen LogP contribution >= 0.6 is 0 Å². The van der Waals surface area contributed by atoms with Crippen LogP contribution in [0, 0.1) is 23.7 Å². The van der Waals surface area contributed by atoms with E-state index in [0.717, 1.165) is 12.2 Å². The van der Waals surface area contributed by atoms with Crippen LogP contribution in [0.1, 0.15) is 155 Å². The number of hydrogen-bond acceptors (Lipinski definition) is 15. The first-order chi connectivity index (χ1) is 29.7. The maximum atomic E-state index is 11.1. The second kappa shape index (κ2) is 47.8. The van der Waals surface area contributed by atoms with Gasteiger partial charge in [-0.15, -0.1) is 10.2 Å². The minimum absolute atomic E-state index is 0. The molecule has 2 unspecified atom stereocenters. The number of aromatic nitrogens is 4. The zero-order valence-corrected chi connectivity index (χ0v) is 41.1. The number of H-pyrrole nitrogens is 1. The molecule has 0 fully saturated rings. The number of nitrogens with one attached hydrogen (secondary N) is 4. The van der Waals surface area contributed by atoms with Gasteiger partial charge >= 0.3 is 29.8 Å². The molecule has 2 amide bonds. The van der Waals surface area contributed by atoms with Crippen molar-refractivity contribution in [1.82, 2.24) is 36.6 Å². The molecule has 66 heavy (non-hydrogen) atoms. The highest BCUT2D eigenvalue weighted by molar-refractivity contribution is 5.93. The molecule has 0 aliphatic carbocycles. The Bertz CT molecular complexity index is 1410. The quantitative estimate of drug-likeness (QED) is 0.0741. The molecule has 2 atom stereocenters. The monoisotopic (exact) mass is 957 g/mol. The first-order valence-electron chi connectivity index (χ1n) is 21.4. The van der Waals surface area contributed by atoms with Gasteiger partial charge in [0.05, 0.1) is 31.7 Å². The van der Waals surface area contributed by atoms with Crippen LogP contribution in [0.15, 0.2) is 0 Å². The fourth-order valence-electron chi connectivity index (χ4n) is 3.72. The average molecular weight is 957 g/mol. The fourth-order valence-corrected chi connectivity index (χ4v) is 3.72. The van der Waals surface area contributed by atoms with Crippen molar-refractivity contribution < 1.29 is 74.1 Å². The Morgan fingerprint density at radius 3 is 1.39 bits per heavy atom. The van der Waals surface area contributed by atoms with Crippen molar-refractivity contribution in [2.24, 2.45) is 29.4 Å². The number of hydrogen-bond donors (Lipinski definition) is 12. The fraction of sp³-hybridized carbons (Fsp3) is 0.791. The van der Waals surface area contributed by atoms with Gasteiger partial charge in [-0.25, -0.2) is 0 Å². The lowest BCUT2D eigenvalue weighted by Crippen LogP contribution is -2.43. The maximum absolute atomic E-state index is 11.1. The van der Waals surface area contributed by atoms with Crippen LogP contribution in [0.25, 0.3) is 0 Å². The van der Waals surface area contributed by atoms with Crippen molar-refractivity contribution in [2.45, 2.75) is 186 Å². The van der Waals surface area contributed by atoms with Gasteiger partial charge in [-0.05, 0) is 58.3 Å². The Kier molecular flexibility index (Phi) is 54.5. The topological polar surface area (TPSA) is 395 Å². The molecule has 1 aromatic heterocycles. The SMILES string of the molecule is C.CC(C)C(=O)CCC(=O)O.CC(C)CC(=O)O.CC(C)CC(O)CO.CC(C)Cc1nn[nH]n1.CC(C)NC(=O)C(N)CCC(=O)O.CC(C)NC(=O)CC(=O)O.CC(C)NCC(=O)O. The number of aliphatic hydroxyl groups excluding tert-OH is 2. The lowest BCUT2D eigenvalue weighted by molar-refractivity contribution is -0.141. The van der Waals surface area contributed by atoms with E-state index in [9.17, 15) is 38.4 Å². The van der Waals surface area contributed by atoms with Crippen LogP contribution in [0.5, 0.6) is 0 Å². The summed E-state index contributed by atoms with van der Waals surface area (Å²) in [7, 11) is 0. The van der Waals surface area contributed by atoms with E-state index in [1.807, 2.05) is 55.4 Å². The summed E-state index contributed by atoms with van der Waals surface area (Å²) in [6, 6.07) is -0.431. The number of nitrogens with zero attached hydrogens (tertiary/aromatic N) is 3. The molecule has 0 spiro atoms. The average Bonchev–Trinajstić information content (AvgIpc) is 3.64. The van der Waals surface area contributed by atoms with Gasteiger partial charge in [-0.2, -0.15) is 5.21 Å². The molecule has 1 rings (SSSR count). The molecule has 390 valence electrons. The van der Waals surface area contributed by atoms with E-state index in [2.05, 4.69) is 50.4 Å². The van der Waals surface area contributed by atoms with Crippen molar-refractivity contribution in [3.63, 3.8) is 0 Å². The van der Waals surface area contributed by atoms with Gasteiger partial charge in [0.2, 0.25) is 11.8 Å². The van der Waals surface area contributed by atoms with Gasteiger partial charge in [0.15, 0.2) is 5.82 Å². The van der Waals surface area contributed by atoms with Crippen molar-refractivity contribution in [3.05, 3.63) is 5.82 Å². The number of nitrogens with two attached hydrogens (primary N) is 1. The number of carboxylic acid groups (broad SMARTS) is 5. The predicted molar refractivity (Wildman–Crippen MR) is 250 cm³/mol. The van der Waals surface area contributed by atoms with Gasteiger partial charge in [0, 0.05) is 49.7 Å². The minimum atomic E-state index is -1.10. The highest BCUT2D eigenvalue weighted by atomic mass is 16.4. The largest absolute Gasteiger partial charge is 0.481 e. The van der Waals surface area contributed by atoms with Crippen LogP contribution < -0.4 is 21.7 Å². The third kappa shape index (κ3) is 76.2. The third-order valence-electron chi connectivity index (χ3n) is 6.61. The number of amides is 2. The summed E-state index contributed by atoms with van der Waals surface area (Å²) >= 11 is 0. The molecule has 0 aliphatic heterocycles. The van der Waals surface area contributed by atoms with E-state index in [4.69, 9.17) is 41.5 Å². The molecule has 0 aromatic carbocycles. The first kappa shape index (κ1) is 75.2. The van der Waals surface area contributed by atoms with Gasteiger partial charge in [0.25, 0.3) is 0 Å². The molecule has 0 saturated heterocycles. The zero-order valence-electron chi connectivity index (χ0n) is 41.1. The normalized spacial score (nSPS) is 10.8. The van der Waals surface area contributed by atoms with E-state index >= 15 is 0 Å². The highest BCUT2D eigenvalue weighted by Gasteiger charge is 2.15. The predicted octanol–water partition coefficient (Wildman–Crippen LogP) is 3.37. The molecule has 23 nitrogen and oxygen atoms in total. The molecule has 1 aromatic rings. The molecular weight excluding hydrogens is 869 g/mol. The van der Waals surface area contributed by atoms with E-state index < -0.39 is 54.3 Å². The van der Waals surface area contributed by atoms with Crippen LogP contribution in [0.4, 0.5) is 0 Å². The number of carboxylic acids is 5. The Balaban J connectivity index is -0.000000124. The number of tetrazole rings is 1. The second-order valence-electron chi connectivity index (χ2n) is 16.8. The second-order valence-corrected chi connectivity index (χ2v) is 16.8. The highest BCUT2D eigenvalue weighted by Crippen LogP contribution is 2.03. The molecule has 23 heteroatoms. The smallest absolute Gasteiger partial charge is 0.317 e. The van der Waals surface area contributed by atoms with E-state index in [1.54, 1.807) is 27.7 Å². The van der Waals surface area contributed by atoms with Gasteiger partial charge < -0.3 is 57.4 Å². The van der Waals surface area contributed by atoms with Crippen LogP contribution in [-0.4, -0.2) is 147 Å². The molecule has 0 saturated carbocycles. The lowest BCUT2D eigenvalue weighted by atomic mass is 10.1. The summed E-state index contributed by atoms with van der Waals surface area (Å²) in [5.74, 6) is -3.09. The Hall–Kier alpha value is -5.13. The molecule has 0 radical (unpaired) electrons. The summed E-state index contributed by atoms with van der Waals surface area (Å²) in [6.07, 6.45) is 1.12. The summed E-state index contributed by atoms with van der Waals surface area (Å²) in [5.41, 5.74) is 5.44. The number of Topliss-reactive ketones (excluding diaryl/α,β-unsaturated/α-hetero) is 1. The summed E-state index contributed by atoms with van der Waals surface area (Å²) in [4.78, 5) is 82.2. The Morgan fingerprint density at radius 1 is 0.636 bits per heavy atom. The van der Waals surface area contributed by atoms with Crippen LogP contribution in [-0.2, 0) is 44.8 Å². The third-order valence-corrected chi connectivity index (χ3v) is 6.61. The van der Waals surface area contributed by atoms with Crippen molar-refractivity contribution in [2.75, 3.05) is 13.2 Å². The molecule has 1 heterocycles. The zero-order chi connectivity index (χ0) is 52.4.